The lowest BCUT2D eigenvalue weighted by molar-refractivity contribution is 0.0904. The first-order valence-electron chi connectivity index (χ1n) is 8.52. The molecule has 0 unspecified atom stereocenters. The number of carbonyl (C=O) groups excluding carboxylic acids is 1. The minimum absolute atomic E-state index is 0.104. The van der Waals surface area contributed by atoms with Crippen molar-refractivity contribution in [3.63, 3.8) is 0 Å². The Bertz CT molecular complexity index is 779. The van der Waals surface area contributed by atoms with Crippen LogP contribution >= 0.6 is 11.6 Å². The highest BCUT2D eigenvalue weighted by molar-refractivity contribution is 6.30. The third-order valence-corrected chi connectivity index (χ3v) is 4.73. The molecule has 0 atom stereocenters. The number of nitrogens with zero attached hydrogens (tertiary/aromatic N) is 2. The summed E-state index contributed by atoms with van der Waals surface area (Å²) in [6.45, 7) is 2.35. The van der Waals surface area contributed by atoms with Gasteiger partial charge < -0.3 is 10.1 Å². The summed E-state index contributed by atoms with van der Waals surface area (Å²) in [5.74, 6) is -0.297. The first-order chi connectivity index (χ1) is 12.5. The molecule has 26 heavy (non-hydrogen) atoms. The Kier molecular flexibility index (Phi) is 6.06. The maximum absolute atomic E-state index is 13.8. The maximum atomic E-state index is 13.8. The molecule has 0 radical (unpaired) electrons. The predicted octanol–water partition coefficient (Wildman–Crippen LogP) is 3.28. The van der Waals surface area contributed by atoms with E-state index in [4.69, 9.17) is 16.3 Å². The highest BCUT2D eigenvalue weighted by atomic mass is 35.5. The lowest BCUT2D eigenvalue weighted by atomic mass is 10.0. The van der Waals surface area contributed by atoms with Gasteiger partial charge in [-0.1, -0.05) is 17.7 Å². The van der Waals surface area contributed by atoms with Crippen LogP contribution in [-0.2, 0) is 6.54 Å². The van der Waals surface area contributed by atoms with E-state index in [1.165, 1.54) is 19.4 Å². The molecule has 1 N–H and O–H groups in total. The van der Waals surface area contributed by atoms with Crippen molar-refractivity contribution < 1.29 is 13.9 Å². The maximum Gasteiger partial charge on any atom is 0.270 e. The van der Waals surface area contributed by atoms with E-state index >= 15 is 0 Å². The highest BCUT2D eigenvalue weighted by Crippen LogP contribution is 2.20. The van der Waals surface area contributed by atoms with E-state index in [0.717, 1.165) is 31.5 Å². The number of benzene rings is 1. The van der Waals surface area contributed by atoms with Crippen LogP contribution in [0.25, 0.3) is 0 Å². The number of hydrogen-bond acceptors (Lipinski definition) is 4. The molecule has 138 valence electrons. The number of methoxy groups -OCH3 is 1. The number of hydrogen-bond donors (Lipinski definition) is 1. The van der Waals surface area contributed by atoms with Crippen LogP contribution in [0.5, 0.6) is 5.75 Å². The van der Waals surface area contributed by atoms with E-state index in [1.54, 1.807) is 18.2 Å². The van der Waals surface area contributed by atoms with Crippen LogP contribution in [0.2, 0.25) is 5.02 Å². The number of amides is 1. The van der Waals surface area contributed by atoms with Crippen LogP contribution in [0, 0.1) is 5.82 Å². The van der Waals surface area contributed by atoms with Crippen molar-refractivity contribution in [3.8, 4) is 5.75 Å². The predicted molar refractivity (Wildman–Crippen MR) is 98.0 cm³/mol. The van der Waals surface area contributed by atoms with Gasteiger partial charge in [0, 0.05) is 36.9 Å². The summed E-state index contributed by atoms with van der Waals surface area (Å²) in [5, 5.41) is 3.50. The van der Waals surface area contributed by atoms with Gasteiger partial charge in [0.2, 0.25) is 0 Å². The third kappa shape index (κ3) is 4.71. The van der Waals surface area contributed by atoms with Crippen LogP contribution in [0.1, 0.15) is 28.9 Å². The molecule has 1 aromatic heterocycles. The third-order valence-electron chi connectivity index (χ3n) is 4.50. The van der Waals surface area contributed by atoms with Crippen molar-refractivity contribution in [3.05, 3.63) is 58.6 Å². The molecule has 1 aliphatic rings. The normalized spacial score (nSPS) is 15.7. The Balaban J connectivity index is 1.49. The van der Waals surface area contributed by atoms with Crippen molar-refractivity contribution in [2.45, 2.75) is 25.4 Å². The lowest BCUT2D eigenvalue weighted by Crippen LogP contribution is -2.44. The monoisotopic (exact) mass is 377 g/mol. The molecule has 3 rings (SSSR count). The minimum Gasteiger partial charge on any atom is -0.494 e. The van der Waals surface area contributed by atoms with Gasteiger partial charge in [-0.05, 0) is 42.7 Å². The fourth-order valence-electron chi connectivity index (χ4n) is 3.09. The molecule has 1 aromatic carbocycles. The second kappa shape index (κ2) is 8.47. The van der Waals surface area contributed by atoms with Gasteiger partial charge in [-0.3, -0.25) is 14.7 Å². The molecular weight excluding hydrogens is 357 g/mol. The van der Waals surface area contributed by atoms with Crippen molar-refractivity contribution >= 4 is 17.5 Å². The first kappa shape index (κ1) is 18.6. The molecule has 1 amide bonds. The molecule has 7 heteroatoms. The van der Waals surface area contributed by atoms with E-state index in [9.17, 15) is 9.18 Å². The molecule has 1 fully saturated rings. The summed E-state index contributed by atoms with van der Waals surface area (Å²) in [4.78, 5) is 18.5. The van der Waals surface area contributed by atoms with Gasteiger partial charge in [0.05, 0.1) is 7.11 Å². The Morgan fingerprint density at radius 3 is 2.77 bits per heavy atom. The fourth-order valence-corrected chi connectivity index (χ4v) is 3.25. The van der Waals surface area contributed by atoms with E-state index < -0.39 is 0 Å². The SMILES string of the molecule is COc1ccc(CN2CCC(NC(=O)c3cc(Cl)ccn3)CC2)cc1F. The van der Waals surface area contributed by atoms with Crippen molar-refractivity contribution in [2.24, 2.45) is 0 Å². The number of carbonyl (C=O) groups is 1. The molecule has 1 saturated heterocycles. The van der Waals surface area contributed by atoms with Gasteiger partial charge in [-0.25, -0.2) is 4.39 Å². The second-order valence-electron chi connectivity index (χ2n) is 6.35. The van der Waals surface area contributed by atoms with Crippen molar-refractivity contribution in [1.29, 1.82) is 0 Å². The van der Waals surface area contributed by atoms with Crippen molar-refractivity contribution in [1.82, 2.24) is 15.2 Å². The zero-order valence-electron chi connectivity index (χ0n) is 14.5. The van der Waals surface area contributed by atoms with Gasteiger partial charge in [-0.15, -0.1) is 0 Å². The van der Waals surface area contributed by atoms with Crippen LogP contribution in [-0.4, -0.2) is 42.0 Å². The number of aromatic nitrogens is 1. The van der Waals surface area contributed by atoms with E-state index in [1.807, 2.05) is 6.07 Å². The summed E-state index contributed by atoms with van der Waals surface area (Å²) in [5.41, 5.74) is 1.24. The molecule has 2 aromatic rings. The second-order valence-corrected chi connectivity index (χ2v) is 6.79. The quantitative estimate of drug-likeness (QED) is 0.868. The number of piperidine rings is 1. The first-order valence-corrected chi connectivity index (χ1v) is 8.90. The summed E-state index contributed by atoms with van der Waals surface area (Å²) in [6, 6.07) is 8.34. The van der Waals surface area contributed by atoms with E-state index in [2.05, 4.69) is 15.2 Å². The van der Waals surface area contributed by atoms with Gasteiger partial charge in [0.1, 0.15) is 5.69 Å². The average Bonchev–Trinajstić information content (AvgIpc) is 2.63. The van der Waals surface area contributed by atoms with Gasteiger partial charge in [0.15, 0.2) is 11.6 Å². The highest BCUT2D eigenvalue weighted by Gasteiger charge is 2.22. The summed E-state index contributed by atoms with van der Waals surface area (Å²) in [6.07, 6.45) is 3.20. The van der Waals surface area contributed by atoms with Crippen LogP contribution in [0.4, 0.5) is 4.39 Å². The summed E-state index contributed by atoms with van der Waals surface area (Å²) >= 11 is 5.90. The average molecular weight is 378 g/mol. The summed E-state index contributed by atoms with van der Waals surface area (Å²) < 4.78 is 18.7. The molecule has 0 saturated carbocycles. The smallest absolute Gasteiger partial charge is 0.270 e. The number of halogens is 2. The number of likely N-dealkylation sites (tertiary alicyclic amines) is 1. The standard InChI is InChI=1S/C19H21ClFN3O2/c1-26-18-3-2-13(10-16(18)21)12-24-8-5-15(6-9-24)23-19(25)17-11-14(20)4-7-22-17/h2-4,7,10-11,15H,5-6,8-9,12H2,1H3,(H,23,25). The number of ether oxygens (including phenoxy) is 1. The van der Waals surface area contributed by atoms with Crippen molar-refractivity contribution in [2.75, 3.05) is 20.2 Å². The molecule has 0 spiro atoms. The molecule has 2 heterocycles. The largest absolute Gasteiger partial charge is 0.494 e. The van der Waals surface area contributed by atoms with Gasteiger partial charge in [0.25, 0.3) is 5.91 Å². The number of pyridine rings is 1. The van der Waals surface area contributed by atoms with E-state index in [0.29, 0.717) is 17.3 Å². The molecule has 0 bridgehead atoms. The fraction of sp³-hybridized carbons (Fsp3) is 0.368. The van der Waals surface area contributed by atoms with Gasteiger partial charge in [-0.2, -0.15) is 0 Å². The number of nitrogens with one attached hydrogen (secondary N) is 1. The van der Waals surface area contributed by atoms with Crippen LogP contribution in [0.3, 0.4) is 0 Å². The Hall–Kier alpha value is -2.18. The molecule has 5 nitrogen and oxygen atoms in total. The zero-order chi connectivity index (χ0) is 18.5. The molecular formula is C19H21ClFN3O2. The topological polar surface area (TPSA) is 54.5 Å². The molecule has 1 aliphatic heterocycles. The zero-order valence-corrected chi connectivity index (χ0v) is 15.3. The Morgan fingerprint density at radius 1 is 1.35 bits per heavy atom. The van der Waals surface area contributed by atoms with Crippen LogP contribution in [0.15, 0.2) is 36.5 Å². The van der Waals surface area contributed by atoms with Gasteiger partial charge >= 0.3 is 0 Å². The lowest BCUT2D eigenvalue weighted by Gasteiger charge is -2.32. The Morgan fingerprint density at radius 2 is 2.12 bits per heavy atom. The van der Waals surface area contributed by atoms with Crippen LogP contribution < -0.4 is 10.1 Å². The minimum atomic E-state index is -0.346. The Labute approximate surface area is 157 Å². The molecule has 0 aliphatic carbocycles. The summed E-state index contributed by atoms with van der Waals surface area (Å²) in [7, 11) is 1.45. The number of rotatable bonds is 5. The van der Waals surface area contributed by atoms with E-state index in [-0.39, 0.29) is 23.5 Å².